The fourth-order valence-corrected chi connectivity index (χ4v) is 5.43. The van der Waals surface area contributed by atoms with E-state index in [2.05, 4.69) is 10.2 Å². The number of amides is 2. The lowest BCUT2D eigenvalue weighted by Gasteiger charge is -2.35. The van der Waals surface area contributed by atoms with Gasteiger partial charge in [-0.05, 0) is 45.2 Å². The van der Waals surface area contributed by atoms with E-state index in [0.29, 0.717) is 25.0 Å². The number of carbonyl (C=O) groups excluding carboxylic acids is 2. The van der Waals surface area contributed by atoms with Gasteiger partial charge in [0.05, 0.1) is 18.8 Å². The highest BCUT2D eigenvalue weighted by atomic mass is 16.2. The fraction of sp³-hybridized carbons (Fsp3) is 0.750. The molecule has 0 atom stereocenters. The van der Waals surface area contributed by atoms with Crippen LogP contribution in [0, 0.1) is 0 Å². The van der Waals surface area contributed by atoms with Crippen molar-refractivity contribution in [1.82, 2.24) is 24.7 Å². The van der Waals surface area contributed by atoms with Crippen LogP contribution >= 0.6 is 0 Å². The SMILES string of the molecule is CNc1nc(C2CCN(CC(=O)N(C)C3CCCCC3)CC2)nc2c1CCN(C(C)=O)C2. The van der Waals surface area contributed by atoms with E-state index in [9.17, 15) is 9.59 Å². The van der Waals surface area contributed by atoms with Gasteiger partial charge in [0.25, 0.3) is 0 Å². The molecular formula is C24H38N6O2. The molecule has 0 unspecified atom stereocenters. The fourth-order valence-electron chi connectivity index (χ4n) is 5.43. The van der Waals surface area contributed by atoms with Crippen LogP contribution in [0.3, 0.4) is 0 Å². The predicted octanol–water partition coefficient (Wildman–Crippen LogP) is 2.39. The van der Waals surface area contributed by atoms with Crippen molar-refractivity contribution in [2.75, 3.05) is 45.6 Å². The van der Waals surface area contributed by atoms with Crippen LogP contribution in [0.1, 0.15) is 74.9 Å². The van der Waals surface area contributed by atoms with Crippen LogP contribution < -0.4 is 5.32 Å². The highest BCUT2D eigenvalue weighted by Crippen LogP contribution is 2.30. The van der Waals surface area contributed by atoms with Crippen molar-refractivity contribution in [3.8, 4) is 0 Å². The van der Waals surface area contributed by atoms with Crippen molar-refractivity contribution in [1.29, 1.82) is 0 Å². The molecule has 1 N–H and O–H groups in total. The molecule has 8 nitrogen and oxygen atoms in total. The Labute approximate surface area is 191 Å². The Kier molecular flexibility index (Phi) is 7.28. The minimum atomic E-state index is 0.0954. The molecule has 2 aliphatic heterocycles. The van der Waals surface area contributed by atoms with Gasteiger partial charge in [-0.1, -0.05) is 19.3 Å². The first-order chi connectivity index (χ1) is 15.5. The zero-order valence-electron chi connectivity index (χ0n) is 19.9. The molecule has 0 aromatic carbocycles. The maximum atomic E-state index is 12.8. The molecule has 1 aromatic heterocycles. The van der Waals surface area contributed by atoms with Crippen LogP contribution in [0.4, 0.5) is 5.82 Å². The van der Waals surface area contributed by atoms with Crippen molar-refractivity contribution in [3.05, 3.63) is 17.1 Å². The summed E-state index contributed by atoms with van der Waals surface area (Å²) in [6.45, 7) is 5.21. The van der Waals surface area contributed by atoms with Gasteiger partial charge in [-0.2, -0.15) is 0 Å². The number of rotatable bonds is 5. The van der Waals surface area contributed by atoms with Crippen molar-refractivity contribution >= 4 is 17.6 Å². The molecule has 0 spiro atoms. The maximum absolute atomic E-state index is 12.8. The van der Waals surface area contributed by atoms with E-state index in [1.165, 1.54) is 19.3 Å². The molecule has 1 aliphatic carbocycles. The third-order valence-corrected chi connectivity index (χ3v) is 7.59. The van der Waals surface area contributed by atoms with Crippen LogP contribution in [-0.4, -0.2) is 82.8 Å². The third-order valence-electron chi connectivity index (χ3n) is 7.59. The van der Waals surface area contributed by atoms with Gasteiger partial charge in [0.2, 0.25) is 11.8 Å². The summed E-state index contributed by atoms with van der Waals surface area (Å²) >= 11 is 0. The Hall–Kier alpha value is -2.22. The zero-order valence-corrected chi connectivity index (χ0v) is 19.9. The number of hydrogen-bond donors (Lipinski definition) is 1. The second kappa shape index (κ2) is 10.1. The molecule has 0 bridgehead atoms. The van der Waals surface area contributed by atoms with Crippen LogP contribution in [0.15, 0.2) is 0 Å². The number of likely N-dealkylation sites (N-methyl/N-ethyl adjacent to an activating group) is 1. The summed E-state index contributed by atoms with van der Waals surface area (Å²) in [6.07, 6.45) is 8.79. The molecule has 1 saturated carbocycles. The molecule has 8 heteroatoms. The van der Waals surface area contributed by atoms with E-state index in [4.69, 9.17) is 9.97 Å². The number of piperidine rings is 1. The molecule has 2 fully saturated rings. The van der Waals surface area contributed by atoms with E-state index in [1.807, 2.05) is 23.9 Å². The number of nitrogens with zero attached hydrogens (tertiary/aromatic N) is 5. The highest BCUT2D eigenvalue weighted by molar-refractivity contribution is 5.78. The lowest BCUT2D eigenvalue weighted by atomic mass is 9.94. The Morgan fingerprint density at radius 2 is 1.78 bits per heavy atom. The summed E-state index contributed by atoms with van der Waals surface area (Å²) in [5.41, 5.74) is 2.12. The monoisotopic (exact) mass is 442 g/mol. The van der Waals surface area contributed by atoms with Crippen molar-refractivity contribution in [2.24, 2.45) is 0 Å². The Balaban J connectivity index is 1.36. The van der Waals surface area contributed by atoms with Gasteiger partial charge in [0.1, 0.15) is 11.6 Å². The number of nitrogens with one attached hydrogen (secondary N) is 1. The lowest BCUT2D eigenvalue weighted by Crippen LogP contribution is -2.46. The Morgan fingerprint density at radius 3 is 2.44 bits per heavy atom. The number of aromatic nitrogens is 2. The van der Waals surface area contributed by atoms with Crippen molar-refractivity contribution in [2.45, 2.75) is 76.8 Å². The predicted molar refractivity (Wildman–Crippen MR) is 124 cm³/mol. The second-order valence-electron chi connectivity index (χ2n) is 9.64. The first kappa shape index (κ1) is 23.0. The van der Waals surface area contributed by atoms with Crippen LogP contribution in [-0.2, 0) is 22.6 Å². The first-order valence-corrected chi connectivity index (χ1v) is 12.3. The van der Waals surface area contributed by atoms with Gasteiger partial charge in [0.15, 0.2) is 0 Å². The molecule has 4 rings (SSSR count). The van der Waals surface area contributed by atoms with Gasteiger partial charge in [-0.25, -0.2) is 9.97 Å². The summed E-state index contributed by atoms with van der Waals surface area (Å²) < 4.78 is 0. The molecule has 1 saturated heterocycles. The normalized spacial score (nSPS) is 20.7. The number of hydrogen-bond acceptors (Lipinski definition) is 6. The van der Waals surface area contributed by atoms with E-state index in [1.54, 1.807) is 6.92 Å². The first-order valence-electron chi connectivity index (χ1n) is 12.3. The molecule has 3 aliphatic rings. The van der Waals surface area contributed by atoms with Crippen molar-refractivity contribution < 1.29 is 9.59 Å². The van der Waals surface area contributed by atoms with Gasteiger partial charge in [-0.15, -0.1) is 0 Å². The van der Waals surface area contributed by atoms with Gasteiger partial charge < -0.3 is 15.1 Å². The largest absolute Gasteiger partial charge is 0.373 e. The topological polar surface area (TPSA) is 81.7 Å². The summed E-state index contributed by atoms with van der Waals surface area (Å²) in [5.74, 6) is 2.42. The highest BCUT2D eigenvalue weighted by Gasteiger charge is 2.29. The number of carbonyl (C=O) groups is 2. The summed E-state index contributed by atoms with van der Waals surface area (Å²) in [5, 5.41) is 3.24. The quantitative estimate of drug-likeness (QED) is 0.754. The minimum Gasteiger partial charge on any atom is -0.373 e. The lowest BCUT2D eigenvalue weighted by molar-refractivity contribution is -0.134. The number of anilines is 1. The van der Waals surface area contributed by atoms with Crippen molar-refractivity contribution in [3.63, 3.8) is 0 Å². The van der Waals surface area contributed by atoms with Crippen LogP contribution in [0.5, 0.6) is 0 Å². The summed E-state index contributed by atoms with van der Waals surface area (Å²) in [4.78, 5) is 40.6. The maximum Gasteiger partial charge on any atom is 0.236 e. The Bertz CT molecular complexity index is 830. The molecule has 32 heavy (non-hydrogen) atoms. The van der Waals surface area contributed by atoms with Crippen LogP contribution in [0.2, 0.25) is 0 Å². The molecule has 2 amide bonds. The van der Waals surface area contributed by atoms with Gasteiger partial charge >= 0.3 is 0 Å². The molecule has 0 radical (unpaired) electrons. The van der Waals surface area contributed by atoms with Crippen LogP contribution in [0.25, 0.3) is 0 Å². The molecule has 3 heterocycles. The zero-order chi connectivity index (χ0) is 22.7. The standard InChI is InChI=1S/C24H38N6O2/c1-17(31)30-14-11-20-21(15-30)26-23(27-24(20)25-2)18-9-12-29(13-10-18)16-22(32)28(3)19-7-5-4-6-8-19/h18-19H,4-16H2,1-3H3,(H,25,26,27). The van der Waals surface area contributed by atoms with E-state index in [-0.39, 0.29) is 11.8 Å². The number of likely N-dealkylation sites (tertiary alicyclic amines) is 1. The molecule has 176 valence electrons. The third kappa shape index (κ3) is 5.05. The van der Waals surface area contributed by atoms with E-state index >= 15 is 0 Å². The average Bonchev–Trinajstić information content (AvgIpc) is 2.83. The minimum absolute atomic E-state index is 0.0954. The number of fused-ring (bicyclic) bond motifs is 1. The molecule has 1 aromatic rings. The van der Waals surface area contributed by atoms with E-state index < -0.39 is 0 Å². The summed E-state index contributed by atoms with van der Waals surface area (Å²) in [6, 6.07) is 0.423. The average molecular weight is 443 g/mol. The van der Waals surface area contributed by atoms with E-state index in [0.717, 1.165) is 74.6 Å². The Morgan fingerprint density at radius 1 is 1.06 bits per heavy atom. The smallest absolute Gasteiger partial charge is 0.236 e. The van der Waals surface area contributed by atoms with Gasteiger partial charge in [0, 0.05) is 45.1 Å². The second-order valence-corrected chi connectivity index (χ2v) is 9.64. The molecular weight excluding hydrogens is 404 g/mol. The summed E-state index contributed by atoms with van der Waals surface area (Å²) in [7, 11) is 3.89. The van der Waals surface area contributed by atoms with Gasteiger partial charge in [-0.3, -0.25) is 14.5 Å².